The van der Waals surface area contributed by atoms with Gasteiger partial charge in [-0.15, -0.1) is 0 Å². The summed E-state index contributed by atoms with van der Waals surface area (Å²) in [6.45, 7) is 3.25. The molecule has 11 heteroatoms. The zero-order chi connectivity index (χ0) is 27.3. The first-order valence-electron chi connectivity index (χ1n) is 11.5. The van der Waals surface area contributed by atoms with E-state index in [0.29, 0.717) is 17.1 Å². The van der Waals surface area contributed by atoms with Gasteiger partial charge in [-0.05, 0) is 74.5 Å². The van der Waals surface area contributed by atoms with Crippen molar-refractivity contribution >= 4 is 43.0 Å². The van der Waals surface area contributed by atoms with Crippen molar-refractivity contribution in [3.63, 3.8) is 0 Å². The average molecular weight is 551 g/mol. The molecule has 9 nitrogen and oxygen atoms in total. The molecule has 1 amide bonds. The Morgan fingerprint density at radius 3 is 1.92 bits per heavy atom. The normalized spacial score (nSPS) is 11.5. The van der Waals surface area contributed by atoms with Crippen LogP contribution in [0.1, 0.15) is 11.1 Å². The molecule has 3 aromatic carbocycles. The minimum Gasteiger partial charge on any atom is -0.325 e. The van der Waals surface area contributed by atoms with Gasteiger partial charge in [0.1, 0.15) is 6.54 Å². The van der Waals surface area contributed by atoms with Gasteiger partial charge in [0.15, 0.2) is 0 Å². The van der Waals surface area contributed by atoms with Crippen LogP contribution in [0.15, 0.2) is 107 Å². The SMILES string of the molecule is Cc1ccc(N(CC(=O)Nc2ccc(S(=O)(=O)Nc3cccnc3)cc2)S(=O)(=O)c2ccc(C)cc2)cc1. The summed E-state index contributed by atoms with van der Waals surface area (Å²) in [7, 11) is -7.91. The van der Waals surface area contributed by atoms with E-state index in [0.717, 1.165) is 15.4 Å². The molecule has 38 heavy (non-hydrogen) atoms. The summed E-state index contributed by atoms with van der Waals surface area (Å²) in [4.78, 5) is 16.9. The first-order chi connectivity index (χ1) is 18.0. The molecule has 0 saturated carbocycles. The second kappa shape index (κ2) is 11.0. The standard InChI is InChI=1S/C27H26N4O5S2/c1-20-5-11-24(12-6-20)31(38(35,36)26-13-7-21(2)8-14-26)19-27(32)29-22-9-15-25(16-10-22)37(33,34)30-23-4-3-17-28-18-23/h3-18,30H,19H2,1-2H3,(H,29,32). The number of aromatic nitrogens is 1. The minimum atomic E-state index is -4.05. The highest BCUT2D eigenvalue weighted by atomic mass is 32.2. The maximum atomic E-state index is 13.5. The molecule has 0 saturated heterocycles. The van der Waals surface area contributed by atoms with Crippen molar-refractivity contribution in [2.75, 3.05) is 20.9 Å². The van der Waals surface area contributed by atoms with Gasteiger partial charge in [-0.2, -0.15) is 0 Å². The van der Waals surface area contributed by atoms with Crippen LogP contribution in [0.4, 0.5) is 17.1 Å². The first-order valence-corrected chi connectivity index (χ1v) is 14.5. The molecule has 0 aliphatic rings. The van der Waals surface area contributed by atoms with E-state index in [9.17, 15) is 21.6 Å². The van der Waals surface area contributed by atoms with Crippen LogP contribution in [0.2, 0.25) is 0 Å². The zero-order valence-corrected chi connectivity index (χ0v) is 22.3. The van der Waals surface area contributed by atoms with Gasteiger partial charge in [-0.25, -0.2) is 16.8 Å². The summed E-state index contributed by atoms with van der Waals surface area (Å²) in [5.41, 5.74) is 2.82. The molecular formula is C27H26N4O5S2. The van der Waals surface area contributed by atoms with Crippen LogP contribution >= 0.6 is 0 Å². The van der Waals surface area contributed by atoms with Gasteiger partial charge in [0.25, 0.3) is 20.0 Å². The van der Waals surface area contributed by atoms with Crippen molar-refractivity contribution in [3.8, 4) is 0 Å². The molecule has 196 valence electrons. The largest absolute Gasteiger partial charge is 0.325 e. The molecule has 0 spiro atoms. The van der Waals surface area contributed by atoms with Crippen molar-refractivity contribution in [1.82, 2.24) is 4.98 Å². The Morgan fingerprint density at radius 2 is 1.34 bits per heavy atom. The van der Waals surface area contributed by atoms with Crippen LogP contribution in [0, 0.1) is 13.8 Å². The second-order valence-electron chi connectivity index (χ2n) is 8.58. The summed E-state index contributed by atoms with van der Waals surface area (Å²) in [6.07, 6.45) is 2.91. The summed E-state index contributed by atoms with van der Waals surface area (Å²) in [5.74, 6) is -0.592. The van der Waals surface area contributed by atoms with Gasteiger partial charge in [-0.3, -0.25) is 18.8 Å². The maximum absolute atomic E-state index is 13.5. The molecule has 0 fully saturated rings. The molecule has 0 atom stereocenters. The van der Waals surface area contributed by atoms with Crippen LogP contribution in [0.3, 0.4) is 0 Å². The van der Waals surface area contributed by atoms with E-state index < -0.39 is 32.5 Å². The van der Waals surface area contributed by atoms with Crippen molar-refractivity contribution < 1.29 is 21.6 Å². The highest BCUT2D eigenvalue weighted by Gasteiger charge is 2.27. The quantitative estimate of drug-likeness (QED) is 0.320. The second-order valence-corrected chi connectivity index (χ2v) is 12.1. The third-order valence-corrected chi connectivity index (χ3v) is 8.77. The third kappa shape index (κ3) is 6.36. The van der Waals surface area contributed by atoms with Gasteiger partial charge >= 0.3 is 0 Å². The molecule has 4 aromatic rings. The Bertz CT molecular complexity index is 1620. The van der Waals surface area contributed by atoms with Crippen molar-refractivity contribution in [2.24, 2.45) is 0 Å². The van der Waals surface area contributed by atoms with Crippen LogP contribution in [0.5, 0.6) is 0 Å². The molecule has 0 radical (unpaired) electrons. The number of nitrogens with one attached hydrogen (secondary N) is 2. The van der Waals surface area contributed by atoms with Crippen LogP contribution in [-0.4, -0.2) is 34.3 Å². The lowest BCUT2D eigenvalue weighted by Gasteiger charge is -2.24. The zero-order valence-electron chi connectivity index (χ0n) is 20.7. The monoisotopic (exact) mass is 550 g/mol. The highest BCUT2D eigenvalue weighted by Crippen LogP contribution is 2.25. The smallest absolute Gasteiger partial charge is 0.264 e. The van der Waals surface area contributed by atoms with Crippen molar-refractivity contribution in [3.05, 3.63) is 108 Å². The van der Waals surface area contributed by atoms with E-state index in [2.05, 4.69) is 15.0 Å². The van der Waals surface area contributed by atoms with E-state index in [-0.39, 0.29) is 9.79 Å². The fourth-order valence-corrected chi connectivity index (χ4v) is 6.01. The van der Waals surface area contributed by atoms with Gasteiger partial charge in [-0.1, -0.05) is 35.4 Å². The topological polar surface area (TPSA) is 126 Å². The van der Waals surface area contributed by atoms with Gasteiger partial charge in [0, 0.05) is 11.9 Å². The fourth-order valence-electron chi connectivity index (χ4n) is 3.55. The number of carbonyl (C=O) groups excluding carboxylic acids is 1. The van der Waals surface area contributed by atoms with E-state index in [1.54, 1.807) is 48.5 Å². The predicted molar refractivity (Wildman–Crippen MR) is 147 cm³/mol. The molecule has 1 aromatic heterocycles. The number of rotatable bonds is 9. The van der Waals surface area contributed by atoms with E-state index in [4.69, 9.17) is 0 Å². The van der Waals surface area contributed by atoms with Crippen LogP contribution < -0.4 is 14.3 Å². The summed E-state index contributed by atoms with van der Waals surface area (Å²) in [5, 5.41) is 2.64. The number of nitrogens with zero attached hydrogens (tertiary/aromatic N) is 2. The molecule has 4 rings (SSSR count). The Kier molecular flexibility index (Phi) is 7.79. The Labute approximate surface area is 222 Å². The Balaban J connectivity index is 1.53. The molecule has 0 aliphatic carbocycles. The molecule has 0 aliphatic heterocycles. The Morgan fingerprint density at radius 1 is 0.763 bits per heavy atom. The predicted octanol–water partition coefficient (Wildman–Crippen LogP) is 4.33. The number of anilines is 3. The summed E-state index contributed by atoms with van der Waals surface area (Å²) < 4.78 is 55.7. The minimum absolute atomic E-state index is 0.0115. The third-order valence-electron chi connectivity index (χ3n) is 5.58. The number of sulfonamides is 2. The lowest BCUT2D eigenvalue weighted by atomic mass is 10.2. The average Bonchev–Trinajstić information content (AvgIpc) is 2.89. The number of hydrogen-bond acceptors (Lipinski definition) is 6. The van der Waals surface area contributed by atoms with Gasteiger partial charge < -0.3 is 5.32 Å². The number of aryl methyl sites for hydroxylation is 2. The first kappa shape index (κ1) is 26.8. The number of amides is 1. The van der Waals surface area contributed by atoms with Crippen LogP contribution in [0.25, 0.3) is 0 Å². The number of hydrogen-bond donors (Lipinski definition) is 2. The van der Waals surface area contributed by atoms with E-state index >= 15 is 0 Å². The van der Waals surface area contributed by atoms with Crippen molar-refractivity contribution in [1.29, 1.82) is 0 Å². The summed E-state index contributed by atoms with van der Waals surface area (Å²) >= 11 is 0. The van der Waals surface area contributed by atoms with Gasteiger partial charge in [0.2, 0.25) is 5.91 Å². The molecule has 0 unspecified atom stereocenters. The Hall–Kier alpha value is -4.22. The lowest BCUT2D eigenvalue weighted by Crippen LogP contribution is -2.38. The number of benzene rings is 3. The maximum Gasteiger partial charge on any atom is 0.264 e. The fraction of sp³-hybridized carbons (Fsp3) is 0.111. The number of pyridine rings is 1. The summed E-state index contributed by atoms with van der Waals surface area (Å²) in [6, 6.07) is 21.9. The molecular weight excluding hydrogens is 524 g/mol. The van der Waals surface area contributed by atoms with Gasteiger partial charge in [0.05, 0.1) is 27.4 Å². The lowest BCUT2D eigenvalue weighted by molar-refractivity contribution is -0.114. The molecule has 2 N–H and O–H groups in total. The highest BCUT2D eigenvalue weighted by molar-refractivity contribution is 7.93. The van der Waals surface area contributed by atoms with E-state index in [1.165, 1.54) is 48.8 Å². The van der Waals surface area contributed by atoms with Crippen LogP contribution in [-0.2, 0) is 24.8 Å². The molecule has 1 heterocycles. The molecule has 0 bridgehead atoms. The van der Waals surface area contributed by atoms with E-state index in [1.807, 2.05) is 13.8 Å². The number of carbonyl (C=O) groups is 1. The van der Waals surface area contributed by atoms with Crippen molar-refractivity contribution in [2.45, 2.75) is 23.6 Å².